The molecule has 0 aromatic rings. The second-order valence-corrected chi connectivity index (χ2v) is 16.0. The minimum atomic E-state index is -3.29. The molecule has 0 N–H and O–H groups in total. The molecule has 2 fully saturated rings. The third-order valence-corrected chi connectivity index (χ3v) is 9.20. The van der Waals surface area contributed by atoms with Gasteiger partial charge in [-0.05, 0) is 36.6 Å². The molecule has 2 aliphatic carbocycles. The van der Waals surface area contributed by atoms with Crippen LogP contribution < -0.4 is 0 Å². The SMILES string of the molecule is CC12CCC(C/C1=N\S(=O)(=O)CC[Si](C)(C)C)C2(C)C. The highest BCUT2D eigenvalue weighted by atomic mass is 32.2. The molecule has 0 amide bonds. The minimum absolute atomic E-state index is 0.0100. The zero-order valence-electron chi connectivity index (χ0n) is 13.8. The van der Waals surface area contributed by atoms with Crippen LogP contribution in [0.2, 0.25) is 25.7 Å². The smallest absolute Gasteiger partial charge is 0.205 e. The van der Waals surface area contributed by atoms with Crippen molar-refractivity contribution in [1.29, 1.82) is 0 Å². The molecule has 2 unspecified atom stereocenters. The number of sulfonamides is 1. The Morgan fingerprint density at radius 1 is 1.25 bits per heavy atom. The molecule has 3 nitrogen and oxygen atoms in total. The summed E-state index contributed by atoms with van der Waals surface area (Å²) in [5, 5.41) is 0. The molecule has 0 aromatic carbocycles. The Morgan fingerprint density at radius 2 is 1.85 bits per heavy atom. The van der Waals surface area contributed by atoms with Gasteiger partial charge < -0.3 is 0 Å². The van der Waals surface area contributed by atoms with E-state index < -0.39 is 18.1 Å². The van der Waals surface area contributed by atoms with E-state index in [1.807, 2.05) is 0 Å². The highest BCUT2D eigenvalue weighted by Crippen LogP contribution is 2.64. The summed E-state index contributed by atoms with van der Waals surface area (Å²) in [7, 11) is -4.62. The molecule has 116 valence electrons. The van der Waals surface area contributed by atoms with Crippen LogP contribution in [-0.2, 0) is 10.0 Å². The van der Waals surface area contributed by atoms with Crippen LogP contribution >= 0.6 is 0 Å². The fourth-order valence-electron chi connectivity index (χ4n) is 3.72. The van der Waals surface area contributed by atoms with Crippen LogP contribution in [0.5, 0.6) is 0 Å². The zero-order chi connectivity index (χ0) is 15.4. The molecule has 20 heavy (non-hydrogen) atoms. The summed E-state index contributed by atoms with van der Waals surface area (Å²) in [6, 6.07) is 0.801. The van der Waals surface area contributed by atoms with E-state index in [1.165, 1.54) is 6.42 Å². The molecule has 2 saturated carbocycles. The summed E-state index contributed by atoms with van der Waals surface area (Å²) in [4.78, 5) is 0. The van der Waals surface area contributed by atoms with Crippen LogP contribution in [-0.4, -0.2) is 28.0 Å². The highest BCUT2D eigenvalue weighted by molar-refractivity contribution is 7.90. The monoisotopic (exact) mass is 315 g/mol. The van der Waals surface area contributed by atoms with Crippen LogP contribution in [0.3, 0.4) is 0 Å². The van der Waals surface area contributed by atoms with Gasteiger partial charge in [-0.3, -0.25) is 0 Å². The number of nitrogens with zero attached hydrogens (tertiary/aromatic N) is 1. The normalized spacial score (nSPS) is 34.9. The van der Waals surface area contributed by atoms with Crippen molar-refractivity contribution in [2.75, 3.05) is 5.75 Å². The van der Waals surface area contributed by atoms with E-state index in [0.717, 1.165) is 24.6 Å². The van der Waals surface area contributed by atoms with Crippen molar-refractivity contribution in [2.24, 2.45) is 21.1 Å². The first-order valence-corrected chi connectivity index (χ1v) is 13.0. The average molecular weight is 316 g/mol. The lowest BCUT2D eigenvalue weighted by Gasteiger charge is -2.34. The lowest BCUT2D eigenvalue weighted by molar-refractivity contribution is 0.194. The Labute approximate surface area is 125 Å². The summed E-state index contributed by atoms with van der Waals surface area (Å²) in [5.74, 6) is 0.839. The molecule has 0 aromatic heterocycles. The molecular formula is C15H29NO2SSi. The summed E-state index contributed by atoms with van der Waals surface area (Å²) >= 11 is 0. The zero-order valence-corrected chi connectivity index (χ0v) is 15.6. The van der Waals surface area contributed by atoms with Crippen molar-refractivity contribution in [2.45, 2.75) is 65.7 Å². The van der Waals surface area contributed by atoms with Gasteiger partial charge in [0.05, 0.1) is 5.75 Å². The molecular weight excluding hydrogens is 286 g/mol. The Kier molecular flexibility index (Phi) is 3.78. The van der Waals surface area contributed by atoms with Crippen molar-refractivity contribution in [1.82, 2.24) is 0 Å². The molecule has 0 radical (unpaired) electrons. The van der Waals surface area contributed by atoms with E-state index in [2.05, 4.69) is 44.8 Å². The maximum Gasteiger partial charge on any atom is 0.252 e. The maximum atomic E-state index is 12.3. The second-order valence-electron chi connectivity index (χ2n) is 8.63. The molecule has 2 bridgehead atoms. The Balaban J connectivity index is 2.21. The first-order valence-electron chi connectivity index (χ1n) is 7.69. The van der Waals surface area contributed by atoms with E-state index in [4.69, 9.17) is 0 Å². The number of fused-ring (bicyclic) bond motifs is 2. The first-order chi connectivity index (χ1) is 8.87. The Hall–Kier alpha value is -0.163. The Bertz CT molecular complexity index is 531. The standard InChI is InChI=1S/C15H29NO2SSi/c1-14(2)12-7-8-15(14,3)13(11-12)16-19(17,18)9-10-20(4,5)6/h12H,7-11H2,1-6H3/b16-13+. The molecule has 2 rings (SSSR count). The van der Waals surface area contributed by atoms with Gasteiger partial charge in [-0.15, -0.1) is 0 Å². The van der Waals surface area contributed by atoms with Gasteiger partial charge in [0, 0.05) is 19.2 Å². The quantitative estimate of drug-likeness (QED) is 0.738. The summed E-state index contributed by atoms with van der Waals surface area (Å²) in [5.41, 5.74) is 1.14. The lowest BCUT2D eigenvalue weighted by atomic mass is 9.70. The van der Waals surface area contributed by atoms with E-state index in [0.29, 0.717) is 5.92 Å². The van der Waals surface area contributed by atoms with Crippen molar-refractivity contribution in [3.8, 4) is 0 Å². The van der Waals surface area contributed by atoms with E-state index >= 15 is 0 Å². The van der Waals surface area contributed by atoms with Crippen molar-refractivity contribution in [3.63, 3.8) is 0 Å². The molecule has 5 heteroatoms. The van der Waals surface area contributed by atoms with Gasteiger partial charge in [0.1, 0.15) is 0 Å². The van der Waals surface area contributed by atoms with Crippen LogP contribution in [0.1, 0.15) is 40.0 Å². The van der Waals surface area contributed by atoms with E-state index in [9.17, 15) is 8.42 Å². The molecule has 0 heterocycles. The predicted molar refractivity (Wildman–Crippen MR) is 88.6 cm³/mol. The van der Waals surface area contributed by atoms with Crippen molar-refractivity contribution in [3.05, 3.63) is 0 Å². The minimum Gasteiger partial charge on any atom is -0.205 e. The lowest BCUT2D eigenvalue weighted by Crippen LogP contribution is -2.33. The predicted octanol–water partition coefficient (Wildman–Crippen LogP) is 3.94. The largest absolute Gasteiger partial charge is 0.252 e. The topological polar surface area (TPSA) is 46.5 Å². The van der Waals surface area contributed by atoms with Crippen LogP contribution in [0.15, 0.2) is 4.40 Å². The van der Waals surface area contributed by atoms with Crippen molar-refractivity contribution >= 4 is 23.8 Å². The van der Waals surface area contributed by atoms with Crippen LogP contribution in [0.4, 0.5) is 0 Å². The molecule has 0 spiro atoms. The number of rotatable bonds is 4. The fraction of sp³-hybridized carbons (Fsp3) is 0.933. The van der Waals surface area contributed by atoms with E-state index in [-0.39, 0.29) is 16.6 Å². The second kappa shape index (κ2) is 4.67. The van der Waals surface area contributed by atoms with Crippen molar-refractivity contribution < 1.29 is 8.42 Å². The molecule has 0 saturated heterocycles. The third-order valence-electron chi connectivity index (χ3n) is 5.87. The molecule has 2 atom stereocenters. The molecule has 0 aliphatic heterocycles. The van der Waals surface area contributed by atoms with Gasteiger partial charge in [-0.2, -0.15) is 4.40 Å². The van der Waals surface area contributed by atoms with Gasteiger partial charge in [-0.25, -0.2) is 8.42 Å². The summed E-state index contributed by atoms with van der Waals surface area (Å²) in [6.45, 7) is 13.4. The van der Waals surface area contributed by atoms with Gasteiger partial charge in [0.25, 0.3) is 10.0 Å². The number of hydrogen-bond donors (Lipinski definition) is 0. The van der Waals surface area contributed by atoms with Crippen LogP contribution in [0, 0.1) is 16.7 Å². The van der Waals surface area contributed by atoms with Gasteiger partial charge in [0.2, 0.25) is 0 Å². The van der Waals surface area contributed by atoms with Gasteiger partial charge >= 0.3 is 0 Å². The van der Waals surface area contributed by atoms with E-state index in [1.54, 1.807) is 0 Å². The summed E-state index contributed by atoms with van der Waals surface area (Å²) in [6.07, 6.45) is 3.19. The van der Waals surface area contributed by atoms with Crippen LogP contribution in [0.25, 0.3) is 0 Å². The average Bonchev–Trinajstić information content (AvgIpc) is 2.58. The fourth-order valence-corrected chi connectivity index (χ4v) is 7.90. The number of hydrogen-bond acceptors (Lipinski definition) is 2. The summed E-state index contributed by atoms with van der Waals surface area (Å²) < 4.78 is 28.9. The van der Waals surface area contributed by atoms with Gasteiger partial charge in [0.15, 0.2) is 0 Å². The van der Waals surface area contributed by atoms with Gasteiger partial charge in [-0.1, -0.05) is 40.4 Å². The third kappa shape index (κ3) is 2.76. The maximum absolute atomic E-state index is 12.3. The molecule has 2 aliphatic rings. The highest BCUT2D eigenvalue weighted by Gasteiger charge is 2.60. The Morgan fingerprint density at radius 3 is 2.25 bits per heavy atom. The first kappa shape index (κ1) is 16.2.